The van der Waals surface area contributed by atoms with Crippen molar-refractivity contribution in [2.45, 2.75) is 37.4 Å². The minimum atomic E-state index is -3.96. The lowest BCUT2D eigenvalue weighted by Gasteiger charge is -2.13. The highest BCUT2D eigenvalue weighted by molar-refractivity contribution is 7.89. The third kappa shape index (κ3) is 5.25. The molecule has 0 amide bonds. The van der Waals surface area contributed by atoms with Gasteiger partial charge >= 0.3 is 5.97 Å². The summed E-state index contributed by atoms with van der Waals surface area (Å²) in [6.07, 6.45) is 1.47. The van der Waals surface area contributed by atoms with Gasteiger partial charge in [0, 0.05) is 24.9 Å². The van der Waals surface area contributed by atoms with Crippen LogP contribution in [-0.4, -0.2) is 43.0 Å². The average Bonchev–Trinajstić information content (AvgIpc) is 3.30. The molecule has 1 saturated heterocycles. The summed E-state index contributed by atoms with van der Waals surface area (Å²) in [6, 6.07) is 10.4. The van der Waals surface area contributed by atoms with Crippen molar-refractivity contribution in [3.63, 3.8) is 0 Å². The van der Waals surface area contributed by atoms with Gasteiger partial charge in [-0.1, -0.05) is 17.7 Å². The second kappa shape index (κ2) is 9.60. The summed E-state index contributed by atoms with van der Waals surface area (Å²) in [6.45, 7) is 2.26. The highest BCUT2D eigenvalue weighted by Crippen LogP contribution is 2.24. The second-order valence-electron chi connectivity index (χ2n) is 7.65. The van der Waals surface area contributed by atoms with E-state index in [9.17, 15) is 18.0 Å². The third-order valence-electron chi connectivity index (χ3n) is 5.27. The van der Waals surface area contributed by atoms with Crippen molar-refractivity contribution in [2.24, 2.45) is 0 Å². The van der Waals surface area contributed by atoms with Crippen LogP contribution in [0.2, 0.25) is 5.02 Å². The number of ether oxygens (including phenoxy) is 2. The Morgan fingerprint density at radius 3 is 2.88 bits per heavy atom. The number of pyridine rings is 1. The molecule has 4 rings (SSSR count). The molecule has 1 N–H and O–H groups in total. The molecule has 0 saturated carbocycles. The fraction of sp³-hybridized carbons (Fsp3) is 0.318. The Hall–Kier alpha value is -2.79. The van der Waals surface area contributed by atoms with Gasteiger partial charge in [-0.25, -0.2) is 22.9 Å². The fourth-order valence-corrected chi connectivity index (χ4v) is 5.17. The summed E-state index contributed by atoms with van der Waals surface area (Å²) in [5.74, 6) is -0.770. The quantitative estimate of drug-likeness (QED) is 0.504. The summed E-state index contributed by atoms with van der Waals surface area (Å²) in [7, 11) is -3.96. The number of fused-ring (bicyclic) bond motifs is 1. The number of esters is 1. The molecule has 9 nitrogen and oxygen atoms in total. The Morgan fingerprint density at radius 1 is 1.30 bits per heavy atom. The first kappa shape index (κ1) is 23.4. The van der Waals surface area contributed by atoms with Crippen LogP contribution in [-0.2, 0) is 26.1 Å². The first-order chi connectivity index (χ1) is 15.7. The average molecular weight is 492 g/mol. The first-order valence-electron chi connectivity index (χ1n) is 10.3. The number of benzene rings is 1. The lowest BCUT2D eigenvalue weighted by Crippen LogP contribution is -2.32. The van der Waals surface area contributed by atoms with Crippen molar-refractivity contribution in [3.05, 3.63) is 74.8 Å². The molecular formula is C22H22ClN3O6S. The van der Waals surface area contributed by atoms with Crippen LogP contribution < -0.4 is 10.3 Å². The van der Waals surface area contributed by atoms with Gasteiger partial charge in [0.25, 0.3) is 5.56 Å². The minimum Gasteiger partial charge on any atom is -0.456 e. The highest BCUT2D eigenvalue weighted by Gasteiger charge is 2.24. The molecule has 0 spiro atoms. The Kier molecular flexibility index (Phi) is 6.80. The molecule has 11 heteroatoms. The van der Waals surface area contributed by atoms with Crippen LogP contribution in [0.5, 0.6) is 0 Å². The maximum absolute atomic E-state index is 12.7. The number of nitrogens with zero attached hydrogens (tertiary/aromatic N) is 2. The smallest absolute Gasteiger partial charge is 0.338 e. The standard InChI is InChI=1S/C22H22ClN3O6S/c1-14-4-2-6-20-25-16(11-21(27)26(14)20)13-32-22(28)15-7-8-18(23)19(10-15)33(29,30)24-12-17-5-3-9-31-17/h2,4,6-8,10-11,17,24H,3,5,9,12-13H2,1H3. The number of aromatic nitrogens is 2. The van der Waals surface area contributed by atoms with Gasteiger partial charge in [0.1, 0.15) is 17.1 Å². The van der Waals surface area contributed by atoms with E-state index in [2.05, 4.69) is 9.71 Å². The first-order valence-corrected chi connectivity index (χ1v) is 12.2. The summed E-state index contributed by atoms with van der Waals surface area (Å²) in [4.78, 5) is 29.1. The predicted octanol–water partition coefficient (Wildman–Crippen LogP) is 2.47. The normalized spacial score (nSPS) is 16.2. The van der Waals surface area contributed by atoms with Crippen LogP contribution in [0.15, 0.2) is 52.2 Å². The monoisotopic (exact) mass is 491 g/mol. The van der Waals surface area contributed by atoms with Crippen molar-refractivity contribution in [3.8, 4) is 0 Å². The SMILES string of the molecule is Cc1cccc2nc(COC(=O)c3ccc(Cl)c(S(=O)(=O)NCC4CCCO4)c3)cc(=O)n12. The molecule has 3 heterocycles. The second-order valence-corrected chi connectivity index (χ2v) is 9.80. The van der Waals surface area contributed by atoms with Crippen LogP contribution in [0.4, 0.5) is 0 Å². The number of sulfonamides is 1. The Labute approximate surface area is 195 Å². The number of rotatable bonds is 7. The number of carbonyl (C=O) groups is 1. The summed E-state index contributed by atoms with van der Waals surface area (Å²) < 4.78 is 40.0. The number of aryl methyl sites for hydroxylation is 1. The predicted molar refractivity (Wildman–Crippen MR) is 121 cm³/mol. The molecule has 0 aliphatic carbocycles. The maximum Gasteiger partial charge on any atom is 0.338 e. The van der Waals surface area contributed by atoms with E-state index in [0.717, 1.165) is 24.6 Å². The van der Waals surface area contributed by atoms with Crippen LogP contribution in [0.1, 0.15) is 34.6 Å². The van der Waals surface area contributed by atoms with Crippen molar-refractivity contribution in [2.75, 3.05) is 13.2 Å². The summed E-state index contributed by atoms with van der Waals surface area (Å²) in [5, 5.41) is -0.0222. The number of halogens is 1. The molecule has 1 aliphatic rings. The van der Waals surface area contributed by atoms with Crippen LogP contribution in [0, 0.1) is 6.92 Å². The zero-order chi connectivity index (χ0) is 23.6. The Morgan fingerprint density at radius 2 is 2.12 bits per heavy atom. The summed E-state index contributed by atoms with van der Waals surface area (Å²) in [5.41, 5.74) is 1.16. The maximum atomic E-state index is 12.7. The van der Waals surface area contributed by atoms with Crippen LogP contribution >= 0.6 is 11.6 Å². The van der Waals surface area contributed by atoms with Gasteiger partial charge in [0.05, 0.1) is 22.4 Å². The van der Waals surface area contributed by atoms with E-state index in [-0.39, 0.29) is 46.0 Å². The molecule has 1 unspecified atom stereocenters. The van der Waals surface area contributed by atoms with Gasteiger partial charge in [-0.2, -0.15) is 0 Å². The number of hydrogen-bond donors (Lipinski definition) is 1. The van der Waals surface area contributed by atoms with E-state index in [0.29, 0.717) is 12.3 Å². The van der Waals surface area contributed by atoms with Crippen LogP contribution in [0.25, 0.3) is 5.65 Å². The van der Waals surface area contributed by atoms with E-state index in [1.807, 2.05) is 0 Å². The number of carbonyl (C=O) groups excluding carboxylic acids is 1. The molecular weight excluding hydrogens is 470 g/mol. The lowest BCUT2D eigenvalue weighted by atomic mass is 10.2. The topological polar surface area (TPSA) is 116 Å². The minimum absolute atomic E-state index is 0.00486. The van der Waals surface area contributed by atoms with E-state index in [4.69, 9.17) is 21.1 Å². The summed E-state index contributed by atoms with van der Waals surface area (Å²) >= 11 is 6.09. The molecule has 3 aromatic rings. The molecule has 1 aromatic carbocycles. The van der Waals surface area contributed by atoms with Gasteiger partial charge < -0.3 is 9.47 Å². The van der Waals surface area contributed by atoms with Crippen LogP contribution in [0.3, 0.4) is 0 Å². The van der Waals surface area contributed by atoms with Crippen molar-refractivity contribution in [1.29, 1.82) is 0 Å². The van der Waals surface area contributed by atoms with Crippen molar-refractivity contribution < 1.29 is 22.7 Å². The lowest BCUT2D eigenvalue weighted by molar-refractivity contribution is 0.0467. The Bertz CT molecular complexity index is 1370. The molecule has 33 heavy (non-hydrogen) atoms. The Balaban J connectivity index is 1.48. The van der Waals surface area contributed by atoms with E-state index in [1.165, 1.54) is 22.6 Å². The molecule has 1 fully saturated rings. The van der Waals surface area contributed by atoms with Gasteiger partial charge in [0.15, 0.2) is 0 Å². The largest absolute Gasteiger partial charge is 0.456 e. The van der Waals surface area contributed by atoms with Crippen molar-refractivity contribution >= 4 is 33.2 Å². The molecule has 174 valence electrons. The molecule has 1 atom stereocenters. The van der Waals surface area contributed by atoms with Crippen molar-refractivity contribution in [1.82, 2.24) is 14.1 Å². The molecule has 2 aromatic heterocycles. The number of nitrogens with one attached hydrogen (secondary N) is 1. The zero-order valence-corrected chi connectivity index (χ0v) is 19.4. The van der Waals surface area contributed by atoms with Gasteiger partial charge in [-0.05, 0) is 50.1 Å². The molecule has 0 bridgehead atoms. The van der Waals surface area contributed by atoms with Gasteiger partial charge in [-0.3, -0.25) is 9.20 Å². The zero-order valence-electron chi connectivity index (χ0n) is 17.8. The molecule has 1 aliphatic heterocycles. The van der Waals surface area contributed by atoms with Gasteiger partial charge in [0.2, 0.25) is 10.0 Å². The third-order valence-corrected chi connectivity index (χ3v) is 7.17. The highest BCUT2D eigenvalue weighted by atomic mass is 35.5. The van der Waals surface area contributed by atoms with E-state index < -0.39 is 16.0 Å². The van der Waals surface area contributed by atoms with E-state index >= 15 is 0 Å². The van der Waals surface area contributed by atoms with Gasteiger partial charge in [-0.15, -0.1) is 0 Å². The fourth-order valence-electron chi connectivity index (χ4n) is 3.58. The molecule has 0 radical (unpaired) electrons. The number of hydrogen-bond acceptors (Lipinski definition) is 7. The van der Waals surface area contributed by atoms with E-state index in [1.54, 1.807) is 25.1 Å².